The summed E-state index contributed by atoms with van der Waals surface area (Å²) in [5.41, 5.74) is 0.207. The second-order valence-electron chi connectivity index (χ2n) is 9.33. The lowest BCUT2D eigenvalue weighted by atomic mass is 10.2. The number of amides is 2. The van der Waals surface area contributed by atoms with Gasteiger partial charge < -0.3 is 14.5 Å². The number of ether oxygens (including phenoxy) is 1. The number of nitrogens with zero attached hydrogens (tertiary/aromatic N) is 5. The van der Waals surface area contributed by atoms with Crippen LogP contribution < -0.4 is 4.90 Å². The quantitative estimate of drug-likeness (QED) is 0.342. The maximum atomic E-state index is 14.4. The Morgan fingerprint density at radius 2 is 1.66 bits per heavy atom. The average molecular weight is 610 g/mol. The van der Waals surface area contributed by atoms with Crippen LogP contribution in [0.1, 0.15) is 31.1 Å². The van der Waals surface area contributed by atoms with Crippen molar-refractivity contribution in [2.45, 2.75) is 25.7 Å². The topological polar surface area (TPSA) is 103 Å². The lowest BCUT2D eigenvalue weighted by Crippen LogP contribution is -2.50. The van der Waals surface area contributed by atoms with Gasteiger partial charge in [-0.15, -0.1) is 0 Å². The molecule has 10 nitrogen and oxygen atoms in total. The van der Waals surface area contributed by atoms with Gasteiger partial charge in [0.2, 0.25) is 10.0 Å². The minimum Gasteiger partial charge on any atom is -0.450 e. The fourth-order valence-electron chi connectivity index (χ4n) is 4.53. The van der Waals surface area contributed by atoms with Gasteiger partial charge in [-0.05, 0) is 50.3 Å². The fraction of sp³-hybridized carbons (Fsp3) is 0.444. The molecule has 2 amide bonds. The Kier molecular flexibility index (Phi) is 9.89. The maximum Gasteiger partial charge on any atom is 0.409 e. The van der Waals surface area contributed by atoms with Crippen LogP contribution in [0.3, 0.4) is 0 Å². The molecule has 1 saturated heterocycles. The van der Waals surface area contributed by atoms with Gasteiger partial charge in [0.25, 0.3) is 5.91 Å². The molecule has 4 rings (SSSR count). The van der Waals surface area contributed by atoms with Crippen molar-refractivity contribution in [2.75, 3.05) is 63.9 Å². The number of halogens is 2. The zero-order valence-corrected chi connectivity index (χ0v) is 24.8. The first-order valence-electron chi connectivity index (χ1n) is 13.4. The Balaban J connectivity index is 1.55. The van der Waals surface area contributed by atoms with Gasteiger partial charge in [0.15, 0.2) is 10.9 Å². The number of benzene rings is 2. The Hall–Kier alpha value is -3.20. The van der Waals surface area contributed by atoms with E-state index in [1.165, 1.54) is 44.4 Å². The number of hydrogen-bond donors (Lipinski definition) is 0. The third-order valence-corrected chi connectivity index (χ3v) is 9.85. The number of aromatic nitrogens is 1. The highest BCUT2D eigenvalue weighted by atomic mass is 32.2. The lowest BCUT2D eigenvalue weighted by Gasteiger charge is -2.33. The molecule has 2 heterocycles. The van der Waals surface area contributed by atoms with Crippen LogP contribution in [-0.4, -0.2) is 98.5 Å². The van der Waals surface area contributed by atoms with Crippen molar-refractivity contribution in [1.29, 1.82) is 0 Å². The molecule has 0 aliphatic carbocycles. The van der Waals surface area contributed by atoms with E-state index in [1.54, 1.807) is 6.92 Å². The summed E-state index contributed by atoms with van der Waals surface area (Å²) >= 11 is 1.01. The molecule has 2 aromatic carbocycles. The summed E-state index contributed by atoms with van der Waals surface area (Å²) in [6, 6.07) is 7.54. The van der Waals surface area contributed by atoms with Crippen LogP contribution in [0.4, 0.5) is 18.7 Å². The van der Waals surface area contributed by atoms with Gasteiger partial charge in [0.1, 0.15) is 11.3 Å². The van der Waals surface area contributed by atoms with E-state index in [1.807, 2.05) is 13.8 Å². The molecule has 0 spiro atoms. The Morgan fingerprint density at radius 3 is 2.27 bits per heavy atom. The third kappa shape index (κ3) is 6.83. The van der Waals surface area contributed by atoms with Crippen LogP contribution in [0.25, 0.3) is 10.2 Å². The molecule has 14 heteroatoms. The largest absolute Gasteiger partial charge is 0.450 e. The van der Waals surface area contributed by atoms with E-state index in [9.17, 15) is 26.8 Å². The van der Waals surface area contributed by atoms with Crippen molar-refractivity contribution in [3.05, 3.63) is 53.6 Å². The highest BCUT2D eigenvalue weighted by molar-refractivity contribution is 7.89. The molecule has 0 bridgehead atoms. The minimum absolute atomic E-state index is 0.0171. The molecule has 0 radical (unpaired) electrons. The molecule has 0 N–H and O–H groups in total. The number of rotatable bonds is 10. The molecule has 0 unspecified atom stereocenters. The van der Waals surface area contributed by atoms with Crippen LogP contribution in [0.5, 0.6) is 0 Å². The van der Waals surface area contributed by atoms with Gasteiger partial charge >= 0.3 is 6.09 Å². The second kappa shape index (κ2) is 13.2. The first kappa shape index (κ1) is 30.8. The van der Waals surface area contributed by atoms with Gasteiger partial charge in [0.05, 0.1) is 16.2 Å². The maximum absolute atomic E-state index is 14.4. The number of thiazole rings is 1. The summed E-state index contributed by atoms with van der Waals surface area (Å²) in [5, 5.41) is 0.220. The molecule has 1 aromatic heterocycles. The number of carbonyl (C=O) groups is 2. The Morgan fingerprint density at radius 1 is 1.00 bits per heavy atom. The summed E-state index contributed by atoms with van der Waals surface area (Å²) in [5.74, 6) is -1.98. The number of piperazine rings is 1. The predicted molar refractivity (Wildman–Crippen MR) is 153 cm³/mol. The molecular formula is C27H33F2N5O5S2. The smallest absolute Gasteiger partial charge is 0.409 e. The lowest BCUT2D eigenvalue weighted by molar-refractivity contribution is 0.0933. The van der Waals surface area contributed by atoms with Crippen LogP contribution in [0, 0.1) is 11.6 Å². The molecule has 0 saturated carbocycles. The molecule has 41 heavy (non-hydrogen) atoms. The Bertz CT molecular complexity index is 1490. The zero-order valence-electron chi connectivity index (χ0n) is 23.2. The first-order valence-corrected chi connectivity index (χ1v) is 15.7. The number of hydrogen-bond acceptors (Lipinski definition) is 8. The summed E-state index contributed by atoms with van der Waals surface area (Å²) in [6.07, 6.45) is -0.473. The molecule has 3 aromatic rings. The highest BCUT2D eigenvalue weighted by Gasteiger charge is 2.31. The fourth-order valence-corrected chi connectivity index (χ4v) is 6.98. The highest BCUT2D eigenvalue weighted by Crippen LogP contribution is 2.32. The molecular weight excluding hydrogens is 576 g/mol. The van der Waals surface area contributed by atoms with Gasteiger partial charge in [-0.2, -0.15) is 4.31 Å². The molecule has 1 fully saturated rings. The molecule has 1 aliphatic heterocycles. The summed E-state index contributed by atoms with van der Waals surface area (Å²) < 4.78 is 61.2. The number of fused-ring (bicyclic) bond motifs is 1. The van der Waals surface area contributed by atoms with Gasteiger partial charge in [0, 0.05) is 50.9 Å². The monoisotopic (exact) mass is 609 g/mol. The van der Waals surface area contributed by atoms with Crippen molar-refractivity contribution in [1.82, 2.24) is 19.1 Å². The van der Waals surface area contributed by atoms with Crippen molar-refractivity contribution in [3.63, 3.8) is 0 Å². The number of carbonyl (C=O) groups excluding carboxylic acids is 2. The summed E-state index contributed by atoms with van der Waals surface area (Å²) in [6.45, 7) is 8.91. The molecule has 1 aliphatic rings. The van der Waals surface area contributed by atoms with Gasteiger partial charge in [-0.1, -0.05) is 25.2 Å². The summed E-state index contributed by atoms with van der Waals surface area (Å²) in [7, 11) is -3.86. The molecule has 0 atom stereocenters. The van der Waals surface area contributed by atoms with E-state index in [0.717, 1.165) is 30.5 Å². The predicted octanol–water partition coefficient (Wildman–Crippen LogP) is 4.03. The minimum atomic E-state index is -3.86. The SMILES string of the molecule is CCOC(=O)N1CCN(S(=O)(=O)c2ccc(C(=O)N(CCN(CC)CC)c3nc4c(F)cc(F)cc4s3)cc2)CC1. The van der Waals surface area contributed by atoms with Crippen molar-refractivity contribution in [3.8, 4) is 0 Å². The standard InChI is InChI=1S/C27H33F2N5O5S2/c1-4-31(5-2)11-16-34(26-30-24-22(29)17-20(28)18-23(24)40-26)25(35)19-7-9-21(10-8-19)41(37,38)33-14-12-32(13-15-33)27(36)39-6-3/h7-10,17-18H,4-6,11-16H2,1-3H3. The van der Waals surface area contributed by atoms with E-state index < -0.39 is 33.7 Å². The van der Waals surface area contributed by atoms with E-state index in [4.69, 9.17) is 4.74 Å². The van der Waals surface area contributed by atoms with Crippen molar-refractivity contribution >= 4 is 48.7 Å². The van der Waals surface area contributed by atoms with Crippen LogP contribution in [0.15, 0.2) is 41.3 Å². The average Bonchev–Trinajstić information content (AvgIpc) is 3.39. The van der Waals surface area contributed by atoms with Gasteiger partial charge in [-0.3, -0.25) is 9.69 Å². The van der Waals surface area contributed by atoms with Crippen molar-refractivity contribution < 1.29 is 31.5 Å². The number of likely N-dealkylation sites (N-methyl/N-ethyl adjacent to an activating group) is 1. The number of anilines is 1. The van der Waals surface area contributed by atoms with E-state index >= 15 is 0 Å². The van der Waals surface area contributed by atoms with Crippen LogP contribution in [-0.2, 0) is 14.8 Å². The second-order valence-corrected chi connectivity index (χ2v) is 12.3. The van der Waals surface area contributed by atoms with Gasteiger partial charge in [-0.25, -0.2) is 27.0 Å². The van der Waals surface area contributed by atoms with Crippen LogP contribution >= 0.6 is 11.3 Å². The Labute approximate surface area is 242 Å². The molecule has 222 valence electrons. The first-order chi connectivity index (χ1) is 19.6. The van der Waals surface area contributed by atoms with E-state index in [-0.39, 0.29) is 65.1 Å². The normalized spacial score (nSPS) is 14.5. The van der Waals surface area contributed by atoms with Crippen molar-refractivity contribution in [2.24, 2.45) is 0 Å². The zero-order chi connectivity index (χ0) is 29.7. The van der Waals surface area contributed by atoms with E-state index in [0.29, 0.717) is 6.54 Å². The number of sulfonamides is 1. The third-order valence-electron chi connectivity index (χ3n) is 6.92. The summed E-state index contributed by atoms with van der Waals surface area (Å²) in [4.78, 5) is 34.9. The van der Waals surface area contributed by atoms with E-state index in [2.05, 4.69) is 9.88 Å². The van der Waals surface area contributed by atoms with Crippen LogP contribution in [0.2, 0.25) is 0 Å².